The van der Waals surface area contributed by atoms with Gasteiger partial charge in [-0.15, -0.1) is 0 Å². The predicted octanol–water partition coefficient (Wildman–Crippen LogP) is 8.50. The number of benzene rings is 2. The summed E-state index contributed by atoms with van der Waals surface area (Å²) in [6.07, 6.45) is -16.1. The highest BCUT2D eigenvalue weighted by Gasteiger charge is 2.57. The van der Waals surface area contributed by atoms with Gasteiger partial charge in [0, 0.05) is 36.8 Å². The van der Waals surface area contributed by atoms with Crippen LogP contribution in [0.3, 0.4) is 0 Å². The Morgan fingerprint density at radius 3 is 1.48 bits per heavy atom. The van der Waals surface area contributed by atoms with Crippen LogP contribution in [0.5, 0.6) is 0 Å². The number of carbonyl (C=O) groups is 4. The van der Waals surface area contributed by atoms with Crippen LogP contribution < -0.4 is 0 Å². The van der Waals surface area contributed by atoms with Crippen LogP contribution in [0.4, 0.5) is 43.9 Å². The Labute approximate surface area is 256 Å². The van der Waals surface area contributed by atoms with Gasteiger partial charge in [-0.05, 0) is 19.3 Å². The molecular formula is C30H30F10O6. The van der Waals surface area contributed by atoms with Crippen molar-refractivity contribution in [1.29, 1.82) is 0 Å². The zero-order chi connectivity index (χ0) is 35.2. The molecule has 256 valence electrons. The second-order valence-electron chi connectivity index (χ2n) is 9.92. The molecule has 0 aliphatic rings. The lowest BCUT2D eigenvalue weighted by atomic mass is 9.93. The number of carbonyl (C=O) groups excluding carboxylic acids is 3. The van der Waals surface area contributed by atoms with Gasteiger partial charge >= 0.3 is 36.1 Å². The number of hydrogen-bond acceptors (Lipinski definition) is 5. The molecule has 1 unspecified atom stereocenters. The van der Waals surface area contributed by atoms with E-state index in [4.69, 9.17) is 5.11 Å². The van der Waals surface area contributed by atoms with Crippen molar-refractivity contribution in [3.63, 3.8) is 0 Å². The van der Waals surface area contributed by atoms with Crippen LogP contribution in [0.2, 0.25) is 0 Å². The van der Waals surface area contributed by atoms with Crippen LogP contribution >= 0.6 is 0 Å². The molecule has 0 fully saturated rings. The van der Waals surface area contributed by atoms with Crippen LogP contribution in [-0.4, -0.2) is 59.4 Å². The minimum atomic E-state index is -5.71. The SMILES string of the molecule is O=C(CCC(CCC(F)(F)C(F)(F)F)C(=O)O)c1ccccc1.O=C(CCCC(=O)c1ccccc1)OCCC(F)(F)C(F)(F)F. The Kier molecular flexibility index (Phi) is 15.4. The average Bonchev–Trinajstić information content (AvgIpc) is 2.96. The number of hydrogen-bond donors (Lipinski definition) is 1. The van der Waals surface area contributed by atoms with Crippen molar-refractivity contribution in [1.82, 2.24) is 0 Å². The van der Waals surface area contributed by atoms with E-state index in [1.165, 1.54) is 12.1 Å². The van der Waals surface area contributed by atoms with E-state index in [0.29, 0.717) is 11.1 Å². The van der Waals surface area contributed by atoms with Gasteiger partial charge in [0.25, 0.3) is 0 Å². The van der Waals surface area contributed by atoms with Crippen LogP contribution in [0.25, 0.3) is 0 Å². The van der Waals surface area contributed by atoms with Gasteiger partial charge in [-0.3, -0.25) is 19.2 Å². The highest BCUT2D eigenvalue weighted by Crippen LogP contribution is 2.40. The van der Waals surface area contributed by atoms with Crippen LogP contribution in [-0.2, 0) is 14.3 Å². The summed E-state index contributed by atoms with van der Waals surface area (Å²) in [4.78, 5) is 45.7. The first-order valence-corrected chi connectivity index (χ1v) is 13.6. The molecule has 0 aliphatic heterocycles. The van der Waals surface area contributed by atoms with Gasteiger partial charge in [0.2, 0.25) is 0 Å². The van der Waals surface area contributed by atoms with E-state index in [9.17, 15) is 63.1 Å². The minimum absolute atomic E-state index is 0.0534. The molecule has 46 heavy (non-hydrogen) atoms. The molecule has 0 spiro atoms. The smallest absolute Gasteiger partial charge is 0.453 e. The largest absolute Gasteiger partial charge is 0.481 e. The van der Waals surface area contributed by atoms with Crippen LogP contribution in [0.1, 0.15) is 72.1 Å². The van der Waals surface area contributed by atoms with Gasteiger partial charge in [-0.1, -0.05) is 60.7 Å². The molecule has 0 saturated heterocycles. The second-order valence-corrected chi connectivity index (χ2v) is 9.92. The number of rotatable bonds is 16. The van der Waals surface area contributed by atoms with Gasteiger partial charge in [0.1, 0.15) is 0 Å². The third-order valence-corrected chi connectivity index (χ3v) is 6.36. The van der Waals surface area contributed by atoms with Crippen LogP contribution in [0, 0.1) is 5.92 Å². The summed E-state index contributed by atoms with van der Waals surface area (Å²) < 4.78 is 127. The summed E-state index contributed by atoms with van der Waals surface area (Å²) in [6, 6.07) is 16.2. The third kappa shape index (κ3) is 14.0. The number of ketones is 2. The Balaban J connectivity index is 0.000000460. The molecular weight excluding hydrogens is 646 g/mol. The fourth-order valence-corrected chi connectivity index (χ4v) is 3.63. The van der Waals surface area contributed by atoms with Crippen molar-refractivity contribution in [2.24, 2.45) is 5.92 Å². The zero-order valence-electron chi connectivity index (χ0n) is 24.0. The Hall–Kier alpha value is -3.98. The molecule has 2 aromatic rings. The normalized spacial score (nSPS) is 12.8. The monoisotopic (exact) mass is 676 g/mol. The summed E-state index contributed by atoms with van der Waals surface area (Å²) in [5, 5.41) is 8.92. The molecule has 2 rings (SSSR count). The van der Waals surface area contributed by atoms with Crippen molar-refractivity contribution in [3.05, 3.63) is 71.8 Å². The molecule has 0 bridgehead atoms. The number of carboxylic acid groups (broad SMARTS) is 1. The van der Waals surface area contributed by atoms with E-state index in [-0.39, 0.29) is 43.7 Å². The molecule has 0 saturated carbocycles. The minimum Gasteiger partial charge on any atom is -0.481 e. The molecule has 2 aromatic carbocycles. The summed E-state index contributed by atoms with van der Waals surface area (Å²) in [5.41, 5.74) is 0.808. The first-order valence-electron chi connectivity index (χ1n) is 13.6. The third-order valence-electron chi connectivity index (χ3n) is 6.36. The summed E-state index contributed by atoms with van der Waals surface area (Å²) in [7, 11) is 0. The Morgan fingerprint density at radius 1 is 0.609 bits per heavy atom. The molecule has 1 N–H and O–H groups in total. The molecule has 0 radical (unpaired) electrons. The molecule has 0 amide bonds. The molecule has 1 atom stereocenters. The predicted molar refractivity (Wildman–Crippen MR) is 143 cm³/mol. The van der Waals surface area contributed by atoms with E-state index in [1.54, 1.807) is 48.5 Å². The highest BCUT2D eigenvalue weighted by atomic mass is 19.4. The van der Waals surface area contributed by atoms with E-state index >= 15 is 0 Å². The molecule has 0 heterocycles. The topological polar surface area (TPSA) is 97.7 Å². The second kappa shape index (κ2) is 17.6. The number of esters is 1. The van der Waals surface area contributed by atoms with E-state index in [1.807, 2.05) is 0 Å². The summed E-state index contributed by atoms with van der Waals surface area (Å²) in [5.74, 6) is -14.3. The first kappa shape index (κ1) is 40.0. The Morgan fingerprint density at radius 2 is 1.04 bits per heavy atom. The quantitative estimate of drug-likeness (QED) is 0.109. The average molecular weight is 677 g/mol. The number of Topliss-reactive ketones (excluding diaryl/α,β-unsaturated/α-hetero) is 2. The molecule has 6 nitrogen and oxygen atoms in total. The number of carboxylic acids is 1. The number of halogens is 10. The molecule has 16 heteroatoms. The fraction of sp³-hybridized carbons (Fsp3) is 0.467. The maximum Gasteiger partial charge on any atom is 0.453 e. The van der Waals surface area contributed by atoms with Crippen molar-refractivity contribution >= 4 is 23.5 Å². The van der Waals surface area contributed by atoms with E-state index in [0.717, 1.165) is 0 Å². The standard InChI is InChI=1S/2C15H15F5O3/c16-14(17,15(18,19)20)9-10-23-13(22)8-4-7-12(21)11-5-2-1-3-6-11;16-14(17,15(18,19)20)9-8-11(13(22)23)6-7-12(21)10-4-2-1-3-5-10/h1-3,5-6H,4,7-10H2;1-5,11H,6-9H2,(H,22,23). The molecule has 0 aliphatic carbocycles. The molecule has 0 aromatic heterocycles. The van der Waals surface area contributed by atoms with Crippen molar-refractivity contribution in [2.45, 2.75) is 75.6 Å². The van der Waals surface area contributed by atoms with Crippen molar-refractivity contribution in [2.75, 3.05) is 6.61 Å². The number of alkyl halides is 10. The first-order chi connectivity index (χ1) is 21.2. The van der Waals surface area contributed by atoms with Gasteiger partial charge < -0.3 is 9.84 Å². The highest BCUT2D eigenvalue weighted by molar-refractivity contribution is 5.96. The maximum absolute atomic E-state index is 12.8. The van der Waals surface area contributed by atoms with Gasteiger partial charge in [0.15, 0.2) is 11.6 Å². The fourth-order valence-electron chi connectivity index (χ4n) is 3.63. The lowest BCUT2D eigenvalue weighted by Crippen LogP contribution is -2.37. The van der Waals surface area contributed by atoms with Crippen LogP contribution in [0.15, 0.2) is 60.7 Å². The van der Waals surface area contributed by atoms with Crippen molar-refractivity contribution in [3.8, 4) is 0 Å². The number of ether oxygens (including phenoxy) is 1. The lowest BCUT2D eigenvalue weighted by Gasteiger charge is -2.21. The zero-order valence-corrected chi connectivity index (χ0v) is 24.0. The number of aliphatic carboxylic acids is 1. The Bertz CT molecular complexity index is 1260. The summed E-state index contributed by atoms with van der Waals surface area (Å²) in [6.45, 7) is -1.03. The van der Waals surface area contributed by atoms with Gasteiger partial charge in [-0.25, -0.2) is 0 Å². The summed E-state index contributed by atoms with van der Waals surface area (Å²) >= 11 is 0. The maximum atomic E-state index is 12.8. The van der Waals surface area contributed by atoms with E-state index < -0.39 is 67.9 Å². The lowest BCUT2D eigenvalue weighted by molar-refractivity contribution is -0.286. The van der Waals surface area contributed by atoms with E-state index in [2.05, 4.69) is 4.74 Å². The van der Waals surface area contributed by atoms with Crippen molar-refractivity contribution < 1.29 is 72.9 Å². The van der Waals surface area contributed by atoms with Gasteiger partial charge in [-0.2, -0.15) is 43.9 Å². The van der Waals surface area contributed by atoms with Gasteiger partial charge in [0.05, 0.1) is 18.9 Å².